The predicted molar refractivity (Wildman–Crippen MR) is 131 cm³/mol. The van der Waals surface area contributed by atoms with Crippen LogP contribution in [0, 0.1) is 6.92 Å². The molecule has 10 heteroatoms. The fourth-order valence-electron chi connectivity index (χ4n) is 3.70. The van der Waals surface area contributed by atoms with Crippen LogP contribution in [0.4, 0.5) is 14.6 Å². The van der Waals surface area contributed by atoms with Gasteiger partial charge in [0.2, 0.25) is 5.88 Å². The molecule has 1 aliphatic heterocycles. The molecule has 36 heavy (non-hydrogen) atoms. The number of halogens is 2. The number of fused-ring (bicyclic) bond motifs is 1. The number of aromatic nitrogens is 2. The van der Waals surface area contributed by atoms with Gasteiger partial charge < -0.3 is 19.7 Å². The predicted octanol–water partition coefficient (Wildman–Crippen LogP) is 5.32. The van der Waals surface area contributed by atoms with E-state index in [2.05, 4.69) is 21.9 Å². The van der Waals surface area contributed by atoms with Crippen LogP contribution in [-0.4, -0.2) is 39.2 Å². The molecule has 2 aromatic rings. The molecule has 192 valence electrons. The molecule has 0 radical (unpaired) electrons. The number of nitrogens with zero attached hydrogens (tertiary/aromatic N) is 3. The Morgan fingerprint density at radius 3 is 2.81 bits per heavy atom. The van der Waals surface area contributed by atoms with Crippen molar-refractivity contribution in [1.82, 2.24) is 14.9 Å². The van der Waals surface area contributed by atoms with Crippen LogP contribution in [0.25, 0.3) is 0 Å². The van der Waals surface area contributed by atoms with Gasteiger partial charge in [0.15, 0.2) is 0 Å². The van der Waals surface area contributed by atoms with Crippen LogP contribution in [0.1, 0.15) is 66.7 Å². The van der Waals surface area contributed by atoms with Crippen molar-refractivity contribution in [2.24, 2.45) is 0 Å². The van der Waals surface area contributed by atoms with Crippen molar-refractivity contribution in [1.29, 1.82) is 0 Å². The monoisotopic (exact) mass is 500 g/mol. The molecule has 0 saturated carbocycles. The highest BCUT2D eigenvalue weighted by Gasteiger charge is 2.34. The van der Waals surface area contributed by atoms with Gasteiger partial charge >= 0.3 is 0 Å². The average Bonchev–Trinajstić information content (AvgIpc) is 3.20. The number of pyridine rings is 2. The number of alkyl halides is 2. The highest BCUT2D eigenvalue weighted by molar-refractivity contribution is 6.05. The normalized spacial score (nSPS) is 14.3. The highest BCUT2D eigenvalue weighted by atomic mass is 19.3. The lowest BCUT2D eigenvalue weighted by Gasteiger charge is -2.25. The van der Waals surface area contributed by atoms with Gasteiger partial charge in [0.1, 0.15) is 5.82 Å². The number of amides is 2. The molecule has 8 nitrogen and oxygen atoms in total. The Bertz CT molecular complexity index is 1180. The molecule has 2 amide bonds. The summed E-state index contributed by atoms with van der Waals surface area (Å²) in [5.74, 6) is -2.79. The number of rotatable bonds is 11. The molecular formula is C26H30F2N4O4. The summed E-state index contributed by atoms with van der Waals surface area (Å²) in [4.78, 5) is 35.8. The first-order valence-electron chi connectivity index (χ1n) is 11.6. The minimum Gasteiger partial charge on any atom is -0.477 e. The Morgan fingerprint density at radius 1 is 1.39 bits per heavy atom. The molecule has 1 aliphatic rings. The lowest BCUT2D eigenvalue weighted by atomic mass is 10.1. The number of carbonyl (C=O) groups excluding carboxylic acids is 2. The summed E-state index contributed by atoms with van der Waals surface area (Å²) < 4.78 is 37.3. The van der Waals surface area contributed by atoms with Crippen molar-refractivity contribution in [3.8, 4) is 5.88 Å². The Labute approximate surface area is 209 Å². The molecule has 0 aliphatic carbocycles. The van der Waals surface area contributed by atoms with E-state index >= 15 is 0 Å². The van der Waals surface area contributed by atoms with Crippen molar-refractivity contribution in [3.05, 3.63) is 71.5 Å². The van der Waals surface area contributed by atoms with Crippen LogP contribution >= 0.6 is 0 Å². The molecule has 0 aromatic carbocycles. The summed E-state index contributed by atoms with van der Waals surface area (Å²) in [6.45, 7) is 10.2. The molecule has 1 N–H and O–H groups in total. The summed E-state index contributed by atoms with van der Waals surface area (Å²) in [5, 5.41) is 2.73. The molecule has 0 fully saturated rings. The summed E-state index contributed by atoms with van der Waals surface area (Å²) >= 11 is 0. The second-order valence-corrected chi connectivity index (χ2v) is 8.55. The Morgan fingerprint density at radius 2 is 2.14 bits per heavy atom. The molecule has 1 atom stereocenters. The van der Waals surface area contributed by atoms with Crippen LogP contribution in [-0.2, 0) is 16.1 Å². The molecule has 0 spiro atoms. The van der Waals surface area contributed by atoms with E-state index in [4.69, 9.17) is 9.47 Å². The Hall–Kier alpha value is -3.82. The first-order chi connectivity index (χ1) is 17.1. The van der Waals surface area contributed by atoms with E-state index in [1.54, 1.807) is 31.0 Å². The molecular weight excluding hydrogens is 470 g/mol. The highest BCUT2D eigenvalue weighted by Crippen LogP contribution is 2.35. The molecule has 0 saturated heterocycles. The van der Waals surface area contributed by atoms with Crippen LogP contribution in [0.2, 0.25) is 0 Å². The molecule has 2 aromatic heterocycles. The smallest absolute Gasteiger partial charge is 0.255 e. The summed E-state index contributed by atoms with van der Waals surface area (Å²) in [7, 11) is 0. The van der Waals surface area contributed by atoms with Crippen LogP contribution in [0.5, 0.6) is 5.88 Å². The minimum atomic E-state index is -2.77. The van der Waals surface area contributed by atoms with Crippen LogP contribution in [0.3, 0.4) is 0 Å². The fourth-order valence-corrected chi connectivity index (χ4v) is 3.70. The summed E-state index contributed by atoms with van der Waals surface area (Å²) in [6.07, 6.45) is 4.89. The van der Waals surface area contributed by atoms with E-state index in [1.165, 1.54) is 25.6 Å². The Kier molecular flexibility index (Phi) is 8.39. The third-order valence-corrected chi connectivity index (χ3v) is 6.03. The maximum atomic E-state index is 13.5. The van der Waals surface area contributed by atoms with Crippen LogP contribution in [0.15, 0.2) is 49.2 Å². The number of hydrogen-bond acceptors (Lipinski definition) is 6. The quantitative estimate of drug-likeness (QED) is 0.332. The molecule has 3 rings (SSSR count). The van der Waals surface area contributed by atoms with Gasteiger partial charge in [0.25, 0.3) is 17.7 Å². The van der Waals surface area contributed by atoms with E-state index < -0.39 is 11.8 Å². The van der Waals surface area contributed by atoms with Crippen molar-refractivity contribution in [3.63, 3.8) is 0 Å². The number of ether oxygens (including phenoxy) is 2. The number of anilines is 1. The van der Waals surface area contributed by atoms with Crippen molar-refractivity contribution in [2.45, 2.75) is 59.0 Å². The average molecular weight is 501 g/mol. The van der Waals surface area contributed by atoms with Gasteiger partial charge in [-0.25, -0.2) is 18.7 Å². The standard InChI is InChI=1S/C26H30F2N4O4/c1-6-26(27,28)9-11-36-24-16(3)12-19(13-30-24)18(5)32-14-21-20(25(32)34)8-10-29-22(21)31-23(33)17(4)15-35-7-2/h7-8,10,12-13,15,18H,2,6,9,11,14H2,1,3-5H3,(H,29,31,33)/b17-15+. The second kappa shape index (κ2) is 11.3. The fraction of sp³-hybridized carbons (Fsp3) is 0.385. The number of hydrogen-bond donors (Lipinski definition) is 1. The Balaban J connectivity index is 1.73. The maximum Gasteiger partial charge on any atom is 0.255 e. The van der Waals surface area contributed by atoms with Crippen molar-refractivity contribution < 1.29 is 27.8 Å². The van der Waals surface area contributed by atoms with Gasteiger partial charge in [0, 0.05) is 47.5 Å². The molecule has 3 heterocycles. The first-order valence-corrected chi connectivity index (χ1v) is 11.6. The zero-order valence-electron chi connectivity index (χ0n) is 20.8. The van der Waals surface area contributed by atoms with E-state index in [0.717, 1.165) is 5.56 Å². The van der Waals surface area contributed by atoms with Gasteiger partial charge in [0.05, 0.1) is 31.7 Å². The lowest BCUT2D eigenvalue weighted by Crippen LogP contribution is -2.27. The van der Waals surface area contributed by atoms with E-state index in [0.29, 0.717) is 28.1 Å². The molecule has 0 bridgehead atoms. The zero-order chi connectivity index (χ0) is 26.5. The number of carbonyl (C=O) groups is 2. The molecule has 1 unspecified atom stereocenters. The minimum absolute atomic E-state index is 0.140. The largest absolute Gasteiger partial charge is 0.477 e. The van der Waals surface area contributed by atoms with Crippen molar-refractivity contribution in [2.75, 3.05) is 11.9 Å². The first kappa shape index (κ1) is 26.8. The zero-order valence-corrected chi connectivity index (χ0v) is 20.8. The third-order valence-electron chi connectivity index (χ3n) is 6.03. The maximum absolute atomic E-state index is 13.5. The third kappa shape index (κ3) is 6.05. The van der Waals surface area contributed by atoms with Gasteiger partial charge in [-0.3, -0.25) is 9.59 Å². The topological polar surface area (TPSA) is 93.7 Å². The van der Waals surface area contributed by atoms with E-state index in [1.807, 2.05) is 13.0 Å². The second-order valence-electron chi connectivity index (χ2n) is 8.55. The van der Waals surface area contributed by atoms with E-state index in [-0.39, 0.29) is 43.8 Å². The summed E-state index contributed by atoms with van der Waals surface area (Å²) in [6, 6.07) is 3.10. The summed E-state index contributed by atoms with van der Waals surface area (Å²) in [5.41, 5.74) is 2.83. The van der Waals surface area contributed by atoms with Gasteiger partial charge in [-0.1, -0.05) is 13.5 Å². The number of aryl methyl sites for hydroxylation is 1. The SMILES string of the molecule is C=CO/C=C(\C)C(=O)Nc1nccc2c1CN(C(C)c1cnc(OCCC(F)(F)CC)c(C)c1)C2=O. The van der Waals surface area contributed by atoms with Crippen molar-refractivity contribution >= 4 is 17.6 Å². The number of nitrogens with one attached hydrogen (secondary N) is 1. The van der Waals surface area contributed by atoms with Gasteiger partial charge in [-0.15, -0.1) is 0 Å². The van der Waals surface area contributed by atoms with Crippen LogP contribution < -0.4 is 10.1 Å². The lowest BCUT2D eigenvalue weighted by molar-refractivity contribution is -0.112. The van der Waals surface area contributed by atoms with Gasteiger partial charge in [-0.05, 0) is 38.5 Å². The van der Waals surface area contributed by atoms with E-state index in [9.17, 15) is 18.4 Å². The van der Waals surface area contributed by atoms with Gasteiger partial charge in [-0.2, -0.15) is 0 Å².